The third-order valence-electron chi connectivity index (χ3n) is 3.77. The summed E-state index contributed by atoms with van der Waals surface area (Å²) in [5.41, 5.74) is 4.65. The van der Waals surface area contributed by atoms with Crippen LogP contribution in [-0.2, 0) is 6.54 Å². The van der Waals surface area contributed by atoms with Crippen LogP contribution in [0.15, 0.2) is 48.5 Å². The highest BCUT2D eigenvalue weighted by molar-refractivity contribution is 5.78. The van der Waals surface area contributed by atoms with Gasteiger partial charge in [-0.2, -0.15) is 0 Å². The molecule has 1 atom stereocenters. The van der Waals surface area contributed by atoms with E-state index < -0.39 is 0 Å². The molecule has 0 N–H and O–H groups in total. The Kier molecular flexibility index (Phi) is 3.08. The van der Waals surface area contributed by atoms with Gasteiger partial charge in [0.25, 0.3) is 0 Å². The smallest absolute Gasteiger partial charge is 0.150 e. The largest absolute Gasteiger partial charge is 0.366 e. The van der Waals surface area contributed by atoms with Crippen LogP contribution in [0.4, 0.5) is 5.69 Å². The van der Waals surface area contributed by atoms with Gasteiger partial charge in [-0.15, -0.1) is 0 Å². The molecule has 1 aliphatic rings. The zero-order valence-electron chi connectivity index (χ0n) is 11.0. The third-order valence-corrected chi connectivity index (χ3v) is 3.77. The maximum atomic E-state index is 10.9. The minimum Gasteiger partial charge on any atom is -0.366 e. The predicted molar refractivity (Wildman–Crippen MR) is 77.7 cm³/mol. The molecule has 0 spiro atoms. The lowest BCUT2D eigenvalue weighted by Crippen LogP contribution is -2.20. The Morgan fingerprint density at radius 1 is 1.21 bits per heavy atom. The summed E-state index contributed by atoms with van der Waals surface area (Å²) in [5.74, 6) is 0.485. The summed E-state index contributed by atoms with van der Waals surface area (Å²) < 4.78 is 0. The Balaban J connectivity index is 1.90. The number of carbonyl (C=O) groups excluding carboxylic acids is 1. The minimum absolute atomic E-state index is 0.485. The summed E-state index contributed by atoms with van der Waals surface area (Å²) in [4.78, 5) is 13.3. The van der Waals surface area contributed by atoms with E-state index in [4.69, 9.17) is 0 Å². The predicted octanol–water partition coefficient (Wildman–Crippen LogP) is 3.62. The van der Waals surface area contributed by atoms with Gasteiger partial charge in [-0.05, 0) is 29.3 Å². The number of anilines is 1. The number of nitrogens with zero attached hydrogens (tertiary/aromatic N) is 1. The molecule has 0 radical (unpaired) electrons. The molecule has 2 aromatic carbocycles. The fraction of sp³-hybridized carbons (Fsp3) is 0.235. The van der Waals surface area contributed by atoms with Gasteiger partial charge in [-0.25, -0.2) is 0 Å². The van der Waals surface area contributed by atoms with Gasteiger partial charge >= 0.3 is 0 Å². The molecule has 1 heterocycles. The first-order valence-electron chi connectivity index (χ1n) is 6.66. The molecule has 0 bridgehead atoms. The van der Waals surface area contributed by atoms with E-state index in [9.17, 15) is 4.79 Å². The number of fused-ring (bicyclic) bond motifs is 1. The maximum absolute atomic E-state index is 10.9. The van der Waals surface area contributed by atoms with Gasteiger partial charge in [-0.1, -0.05) is 37.3 Å². The fourth-order valence-electron chi connectivity index (χ4n) is 2.81. The van der Waals surface area contributed by atoms with Crippen molar-refractivity contribution in [3.63, 3.8) is 0 Å². The summed E-state index contributed by atoms with van der Waals surface area (Å²) in [7, 11) is 0. The van der Waals surface area contributed by atoms with Crippen molar-refractivity contribution in [3.05, 3.63) is 65.2 Å². The number of hydrogen-bond donors (Lipinski definition) is 0. The van der Waals surface area contributed by atoms with Gasteiger partial charge in [-0.3, -0.25) is 4.79 Å². The lowest BCUT2D eigenvalue weighted by atomic mass is 10.0. The second-order valence-corrected chi connectivity index (χ2v) is 5.20. The quantitative estimate of drug-likeness (QED) is 0.776. The zero-order valence-corrected chi connectivity index (χ0v) is 11.0. The molecule has 96 valence electrons. The Bertz CT molecular complexity index is 591. The summed E-state index contributed by atoms with van der Waals surface area (Å²) in [6, 6.07) is 16.5. The molecule has 0 saturated carbocycles. The van der Waals surface area contributed by atoms with E-state index >= 15 is 0 Å². The Labute approximate surface area is 113 Å². The molecular formula is C17H17NO. The van der Waals surface area contributed by atoms with Gasteiger partial charge in [0, 0.05) is 30.3 Å². The van der Waals surface area contributed by atoms with Crippen molar-refractivity contribution >= 4 is 12.0 Å². The molecule has 0 aliphatic carbocycles. The molecule has 1 unspecified atom stereocenters. The molecule has 0 saturated heterocycles. The fourth-order valence-corrected chi connectivity index (χ4v) is 2.81. The molecule has 0 amide bonds. The highest BCUT2D eigenvalue weighted by Crippen LogP contribution is 2.37. The van der Waals surface area contributed by atoms with E-state index in [0.29, 0.717) is 5.92 Å². The van der Waals surface area contributed by atoms with E-state index in [0.717, 1.165) is 24.9 Å². The van der Waals surface area contributed by atoms with Crippen molar-refractivity contribution < 1.29 is 4.79 Å². The first-order chi connectivity index (χ1) is 9.28. The lowest BCUT2D eigenvalue weighted by Gasteiger charge is -2.19. The number of hydrogen-bond acceptors (Lipinski definition) is 2. The molecule has 0 fully saturated rings. The van der Waals surface area contributed by atoms with E-state index in [-0.39, 0.29) is 0 Å². The second-order valence-electron chi connectivity index (χ2n) is 5.20. The number of aldehydes is 1. The zero-order chi connectivity index (χ0) is 13.2. The van der Waals surface area contributed by atoms with Gasteiger partial charge < -0.3 is 4.90 Å². The van der Waals surface area contributed by atoms with Crippen LogP contribution in [0.25, 0.3) is 0 Å². The van der Waals surface area contributed by atoms with Crippen LogP contribution in [0.1, 0.15) is 34.3 Å². The van der Waals surface area contributed by atoms with Gasteiger partial charge in [0.1, 0.15) is 6.29 Å². The van der Waals surface area contributed by atoms with Crippen LogP contribution < -0.4 is 4.90 Å². The molecule has 2 heteroatoms. The number of rotatable bonds is 3. The Morgan fingerprint density at radius 3 is 2.74 bits per heavy atom. The summed E-state index contributed by atoms with van der Waals surface area (Å²) in [5, 5.41) is 0. The third kappa shape index (κ3) is 2.26. The highest BCUT2D eigenvalue weighted by atomic mass is 16.1. The van der Waals surface area contributed by atoms with Crippen LogP contribution in [0.5, 0.6) is 0 Å². The van der Waals surface area contributed by atoms with Gasteiger partial charge in [0.2, 0.25) is 0 Å². The average molecular weight is 251 g/mol. The van der Waals surface area contributed by atoms with Crippen molar-refractivity contribution in [2.45, 2.75) is 19.4 Å². The van der Waals surface area contributed by atoms with Gasteiger partial charge in [0.05, 0.1) is 0 Å². The van der Waals surface area contributed by atoms with Crippen molar-refractivity contribution in [1.29, 1.82) is 0 Å². The maximum Gasteiger partial charge on any atom is 0.150 e. The van der Waals surface area contributed by atoms with Crippen LogP contribution in [0.3, 0.4) is 0 Å². The highest BCUT2D eigenvalue weighted by Gasteiger charge is 2.25. The van der Waals surface area contributed by atoms with Crippen molar-refractivity contribution in [2.24, 2.45) is 0 Å². The number of benzene rings is 2. The molecule has 2 nitrogen and oxygen atoms in total. The van der Waals surface area contributed by atoms with Crippen LogP contribution in [0.2, 0.25) is 0 Å². The molecule has 0 aromatic heterocycles. The summed E-state index contributed by atoms with van der Waals surface area (Å²) in [6.45, 7) is 4.17. The molecule has 2 aromatic rings. The normalized spacial score (nSPS) is 17.3. The first kappa shape index (κ1) is 12.0. The van der Waals surface area contributed by atoms with Crippen molar-refractivity contribution in [2.75, 3.05) is 11.4 Å². The lowest BCUT2D eigenvalue weighted by molar-refractivity contribution is 0.112. The molecule has 19 heavy (non-hydrogen) atoms. The van der Waals surface area contributed by atoms with Crippen LogP contribution in [-0.4, -0.2) is 12.8 Å². The Hall–Kier alpha value is -2.09. The van der Waals surface area contributed by atoms with Crippen LogP contribution in [0, 0.1) is 0 Å². The van der Waals surface area contributed by atoms with E-state index in [1.807, 2.05) is 18.2 Å². The first-order valence-corrected chi connectivity index (χ1v) is 6.66. The standard InChI is InChI=1S/C17H17NO/c1-13-10-18(11-14-5-3-2-4-6-14)17-8-7-15(12-19)9-16(13)17/h2-9,12-13H,10-11H2,1H3. The minimum atomic E-state index is 0.485. The second kappa shape index (κ2) is 4.88. The van der Waals surface area contributed by atoms with Crippen molar-refractivity contribution in [1.82, 2.24) is 0 Å². The summed E-state index contributed by atoms with van der Waals surface area (Å²) >= 11 is 0. The molecule has 3 rings (SSSR count). The van der Waals surface area contributed by atoms with Crippen LogP contribution >= 0.6 is 0 Å². The SMILES string of the molecule is CC1CN(Cc2ccccc2)c2ccc(C=O)cc21. The topological polar surface area (TPSA) is 20.3 Å². The Morgan fingerprint density at radius 2 is 2.00 bits per heavy atom. The van der Waals surface area contributed by atoms with E-state index in [2.05, 4.69) is 42.2 Å². The van der Waals surface area contributed by atoms with E-state index in [1.54, 1.807) is 0 Å². The monoisotopic (exact) mass is 251 g/mol. The van der Waals surface area contributed by atoms with E-state index in [1.165, 1.54) is 16.8 Å². The molecule has 1 aliphatic heterocycles. The molecular weight excluding hydrogens is 234 g/mol. The summed E-state index contributed by atoms with van der Waals surface area (Å²) in [6.07, 6.45) is 0.923. The van der Waals surface area contributed by atoms with Crippen molar-refractivity contribution in [3.8, 4) is 0 Å². The van der Waals surface area contributed by atoms with Gasteiger partial charge in [0.15, 0.2) is 0 Å². The average Bonchev–Trinajstić information content (AvgIpc) is 2.76. The number of carbonyl (C=O) groups is 1.